The Morgan fingerprint density at radius 1 is 1.04 bits per heavy atom. The Kier molecular flexibility index (Phi) is 5.75. The van der Waals surface area contributed by atoms with Gasteiger partial charge in [-0.1, -0.05) is 44.2 Å². The van der Waals surface area contributed by atoms with Crippen molar-refractivity contribution in [3.05, 3.63) is 65.5 Å². The Balaban J connectivity index is 1.64. The quantitative estimate of drug-likeness (QED) is 0.866. The largest absolute Gasteiger partial charge is 0.329 e. The summed E-state index contributed by atoms with van der Waals surface area (Å²) in [5, 5.41) is 0. The predicted octanol–water partition coefficient (Wildman–Crippen LogP) is 2.04. The van der Waals surface area contributed by atoms with E-state index >= 15 is 0 Å². The summed E-state index contributed by atoms with van der Waals surface area (Å²) in [5.74, 6) is 0.178. The van der Waals surface area contributed by atoms with Crippen LogP contribution in [0.1, 0.15) is 30.9 Å². The van der Waals surface area contributed by atoms with E-state index in [2.05, 4.69) is 13.8 Å². The van der Waals surface area contributed by atoms with Crippen molar-refractivity contribution in [3.8, 4) is 0 Å². The minimum Gasteiger partial charge on any atom is -0.329 e. The van der Waals surface area contributed by atoms with Gasteiger partial charge in [-0.2, -0.15) is 4.31 Å². The molecule has 1 heterocycles. The first-order valence-electron chi connectivity index (χ1n) is 9.05. The second kappa shape index (κ2) is 7.86. The highest BCUT2D eigenvalue weighted by Gasteiger charge is 2.30. The van der Waals surface area contributed by atoms with Crippen LogP contribution in [0.2, 0.25) is 0 Å². The fourth-order valence-corrected chi connectivity index (χ4v) is 4.75. The molecule has 2 aromatic carbocycles. The maximum Gasteiger partial charge on any atom is 0.243 e. The van der Waals surface area contributed by atoms with Gasteiger partial charge in [0.15, 0.2) is 0 Å². The van der Waals surface area contributed by atoms with Crippen LogP contribution >= 0.6 is 0 Å². The van der Waals surface area contributed by atoms with E-state index in [1.54, 1.807) is 28.6 Å². The van der Waals surface area contributed by atoms with E-state index in [4.69, 9.17) is 0 Å². The number of rotatable bonds is 5. The highest BCUT2D eigenvalue weighted by molar-refractivity contribution is 7.89. The van der Waals surface area contributed by atoms with Crippen LogP contribution in [0.15, 0.2) is 53.4 Å². The van der Waals surface area contributed by atoms with Crippen LogP contribution in [0, 0.1) is 5.82 Å². The van der Waals surface area contributed by atoms with Crippen LogP contribution in [-0.4, -0.2) is 38.9 Å². The van der Waals surface area contributed by atoms with E-state index < -0.39 is 10.0 Å². The zero-order chi connectivity index (χ0) is 18.7. The van der Waals surface area contributed by atoms with Crippen LogP contribution in [-0.2, 0) is 16.6 Å². The number of benzene rings is 2. The van der Waals surface area contributed by atoms with E-state index in [1.807, 2.05) is 18.2 Å². The maximum absolute atomic E-state index is 13.8. The summed E-state index contributed by atoms with van der Waals surface area (Å²) in [4.78, 5) is 1.55. The lowest BCUT2D eigenvalue weighted by atomic mass is 10.0. The van der Waals surface area contributed by atoms with Gasteiger partial charge in [-0.25, -0.2) is 12.8 Å². The molecule has 140 valence electrons. The van der Waals surface area contributed by atoms with Crippen molar-refractivity contribution in [1.29, 1.82) is 0 Å². The van der Waals surface area contributed by atoms with E-state index in [-0.39, 0.29) is 5.82 Å². The fraction of sp³-hybridized carbons (Fsp3) is 0.400. The molecule has 1 aliphatic rings. The molecule has 0 spiro atoms. The second-order valence-electron chi connectivity index (χ2n) is 7.15. The van der Waals surface area contributed by atoms with Gasteiger partial charge in [0.05, 0.1) is 31.1 Å². The van der Waals surface area contributed by atoms with Crippen LogP contribution in [0.3, 0.4) is 0 Å². The van der Waals surface area contributed by atoms with Gasteiger partial charge in [0, 0.05) is 5.56 Å². The zero-order valence-electron chi connectivity index (χ0n) is 15.3. The molecule has 26 heavy (non-hydrogen) atoms. The minimum absolute atomic E-state index is 0.194. The van der Waals surface area contributed by atoms with E-state index in [0.717, 1.165) is 5.56 Å². The highest BCUT2D eigenvalue weighted by atomic mass is 32.2. The molecule has 1 fully saturated rings. The summed E-state index contributed by atoms with van der Waals surface area (Å²) >= 11 is 0. The fourth-order valence-electron chi connectivity index (χ4n) is 3.30. The van der Waals surface area contributed by atoms with Crippen molar-refractivity contribution >= 4 is 10.0 Å². The molecule has 1 aliphatic heterocycles. The summed E-state index contributed by atoms with van der Waals surface area (Å²) in [6.45, 7) is 7.02. The number of hydrogen-bond donors (Lipinski definition) is 1. The number of nitrogens with one attached hydrogen (secondary N) is 1. The van der Waals surface area contributed by atoms with Crippen LogP contribution in [0.4, 0.5) is 4.39 Å². The van der Waals surface area contributed by atoms with Crippen molar-refractivity contribution in [2.45, 2.75) is 31.2 Å². The van der Waals surface area contributed by atoms with Crippen LogP contribution in [0.5, 0.6) is 0 Å². The van der Waals surface area contributed by atoms with Crippen LogP contribution < -0.4 is 4.90 Å². The lowest BCUT2D eigenvalue weighted by Crippen LogP contribution is -3.13. The summed E-state index contributed by atoms with van der Waals surface area (Å²) in [5.41, 5.74) is 1.81. The number of hydrogen-bond acceptors (Lipinski definition) is 2. The second-order valence-corrected chi connectivity index (χ2v) is 9.08. The van der Waals surface area contributed by atoms with Gasteiger partial charge in [-0.3, -0.25) is 0 Å². The summed E-state index contributed by atoms with van der Waals surface area (Å²) in [6, 6.07) is 13.9. The molecule has 0 bridgehead atoms. The van der Waals surface area contributed by atoms with Crippen molar-refractivity contribution in [2.24, 2.45) is 0 Å². The summed E-state index contributed by atoms with van der Waals surface area (Å²) in [6.07, 6.45) is 0. The Morgan fingerprint density at radius 2 is 1.65 bits per heavy atom. The monoisotopic (exact) mass is 377 g/mol. The number of sulfonamides is 1. The Morgan fingerprint density at radius 3 is 2.23 bits per heavy atom. The molecule has 3 rings (SSSR count). The van der Waals surface area contributed by atoms with Crippen molar-refractivity contribution in [1.82, 2.24) is 4.31 Å². The normalized spacial score (nSPS) is 16.9. The lowest BCUT2D eigenvalue weighted by molar-refractivity contribution is -0.917. The molecule has 1 saturated heterocycles. The number of nitrogens with zero attached hydrogens (tertiary/aromatic N) is 1. The summed E-state index contributed by atoms with van der Waals surface area (Å²) in [7, 11) is -3.46. The standard InChI is InChI=1S/C20H25FN2O2S/c1-16(2)17-7-9-19(10-8-17)26(24,25)23-13-11-22(12-14-23)15-18-5-3-4-6-20(18)21/h3-10,16H,11-15H2,1-2H3/p+1. The number of halogens is 1. The first-order valence-corrected chi connectivity index (χ1v) is 10.5. The van der Waals surface area contributed by atoms with Crippen molar-refractivity contribution in [3.63, 3.8) is 0 Å². The van der Waals surface area contributed by atoms with E-state index in [0.29, 0.717) is 49.1 Å². The van der Waals surface area contributed by atoms with Crippen molar-refractivity contribution in [2.75, 3.05) is 26.2 Å². The molecule has 0 unspecified atom stereocenters. The molecule has 6 heteroatoms. The Labute approximate surface area is 155 Å². The number of quaternary nitrogens is 1. The number of piperazine rings is 1. The third-order valence-corrected chi connectivity index (χ3v) is 6.93. The maximum atomic E-state index is 13.8. The zero-order valence-corrected chi connectivity index (χ0v) is 16.1. The first-order chi connectivity index (χ1) is 12.4. The van der Waals surface area contributed by atoms with Gasteiger partial charge < -0.3 is 4.90 Å². The van der Waals surface area contributed by atoms with E-state index in [1.165, 1.54) is 11.0 Å². The molecule has 0 radical (unpaired) electrons. The van der Waals surface area contributed by atoms with Crippen molar-refractivity contribution < 1.29 is 17.7 Å². The third-order valence-electron chi connectivity index (χ3n) is 5.01. The molecule has 1 N–H and O–H groups in total. The molecule has 0 aromatic heterocycles. The SMILES string of the molecule is CC(C)c1ccc(S(=O)(=O)N2CC[NH+](Cc3ccccc3F)CC2)cc1. The molecular weight excluding hydrogens is 351 g/mol. The summed E-state index contributed by atoms with van der Waals surface area (Å²) < 4.78 is 41.0. The molecule has 2 aromatic rings. The predicted molar refractivity (Wildman–Crippen MR) is 100 cm³/mol. The molecule has 0 aliphatic carbocycles. The molecular formula is C20H26FN2O2S+. The highest BCUT2D eigenvalue weighted by Crippen LogP contribution is 2.20. The molecule has 0 atom stereocenters. The molecule has 4 nitrogen and oxygen atoms in total. The third kappa shape index (κ3) is 4.14. The Hall–Kier alpha value is -1.76. The van der Waals surface area contributed by atoms with E-state index in [9.17, 15) is 12.8 Å². The van der Waals surface area contributed by atoms with Gasteiger partial charge in [0.25, 0.3) is 0 Å². The van der Waals surface area contributed by atoms with Crippen LogP contribution in [0.25, 0.3) is 0 Å². The minimum atomic E-state index is -3.46. The topological polar surface area (TPSA) is 41.8 Å². The smallest absolute Gasteiger partial charge is 0.243 e. The van der Waals surface area contributed by atoms with Gasteiger partial charge in [0.1, 0.15) is 12.4 Å². The average Bonchev–Trinajstić information content (AvgIpc) is 2.64. The lowest BCUT2D eigenvalue weighted by Gasteiger charge is -2.31. The first kappa shape index (κ1) is 19.0. The molecule has 0 amide bonds. The van der Waals surface area contributed by atoms with Gasteiger partial charge >= 0.3 is 0 Å². The average molecular weight is 378 g/mol. The molecule has 0 saturated carbocycles. The van der Waals surface area contributed by atoms with Gasteiger partial charge in [0.2, 0.25) is 10.0 Å². The van der Waals surface area contributed by atoms with Gasteiger partial charge in [-0.15, -0.1) is 0 Å². The Bertz CT molecular complexity index is 842. The van der Waals surface area contributed by atoms with Gasteiger partial charge in [-0.05, 0) is 29.7 Å².